The van der Waals surface area contributed by atoms with E-state index in [1.165, 1.54) is 12.3 Å². The number of esters is 1. The first-order chi connectivity index (χ1) is 10.2. The predicted molar refractivity (Wildman–Crippen MR) is 85.0 cm³/mol. The van der Waals surface area contributed by atoms with Crippen LogP contribution >= 0.6 is 0 Å². The van der Waals surface area contributed by atoms with E-state index in [1.807, 2.05) is 0 Å². The minimum absolute atomic E-state index is 0.235. The fourth-order valence-electron chi connectivity index (χ4n) is 2.78. The number of carbonyl (C=O) groups excluding carboxylic acids is 1. The van der Waals surface area contributed by atoms with Gasteiger partial charge in [0.2, 0.25) is 0 Å². The van der Waals surface area contributed by atoms with Crippen molar-refractivity contribution in [1.29, 1.82) is 0 Å². The summed E-state index contributed by atoms with van der Waals surface area (Å²) >= 11 is 0. The van der Waals surface area contributed by atoms with E-state index in [9.17, 15) is 17.8 Å². The summed E-state index contributed by atoms with van der Waals surface area (Å²) in [6.07, 6.45) is 5.35. The van der Waals surface area contributed by atoms with E-state index in [2.05, 4.69) is 32.4 Å². The molecule has 1 aliphatic heterocycles. The van der Waals surface area contributed by atoms with Crippen LogP contribution in [0, 0.1) is 0 Å². The first kappa shape index (κ1) is 21.1. The van der Waals surface area contributed by atoms with Gasteiger partial charge in [0.15, 0.2) is 0 Å². The number of hydrogen-bond acceptors (Lipinski definition) is 5. The Bertz CT molecular complexity index is 453. The molecule has 22 heavy (non-hydrogen) atoms. The first-order valence-electron chi connectivity index (χ1n) is 7.87. The largest absolute Gasteiger partial charge is 0.748 e. The van der Waals surface area contributed by atoms with Crippen molar-refractivity contribution in [2.24, 2.45) is 0 Å². The fourth-order valence-corrected chi connectivity index (χ4v) is 3.41. The molecule has 7 heteroatoms. The smallest absolute Gasteiger partial charge is 0.338 e. The summed E-state index contributed by atoms with van der Waals surface area (Å²) in [5, 5.41) is 0. The van der Waals surface area contributed by atoms with Gasteiger partial charge in [-0.25, -0.2) is 13.2 Å². The molecule has 6 nitrogen and oxygen atoms in total. The maximum atomic E-state index is 10.7. The third-order valence-electron chi connectivity index (χ3n) is 4.08. The minimum atomic E-state index is -4.08. The van der Waals surface area contributed by atoms with Crippen molar-refractivity contribution in [2.75, 3.05) is 25.4 Å². The summed E-state index contributed by atoms with van der Waals surface area (Å²) in [6, 6.07) is 0.239. The van der Waals surface area contributed by atoms with E-state index in [4.69, 9.17) is 0 Å². The fraction of sp³-hybridized carbons (Fsp3) is 0.800. The van der Waals surface area contributed by atoms with Crippen molar-refractivity contribution >= 4 is 16.1 Å². The van der Waals surface area contributed by atoms with Gasteiger partial charge in [-0.1, -0.05) is 13.8 Å². The van der Waals surface area contributed by atoms with Crippen LogP contribution in [-0.4, -0.2) is 54.9 Å². The van der Waals surface area contributed by atoms with Gasteiger partial charge in [-0.2, -0.15) is 0 Å². The molecule has 0 fully saturated rings. The molecule has 0 aromatic heterocycles. The molecule has 0 amide bonds. The second-order valence-electron chi connectivity index (χ2n) is 5.62. The minimum Gasteiger partial charge on any atom is -0.748 e. The van der Waals surface area contributed by atoms with Crippen molar-refractivity contribution in [3.05, 3.63) is 12.3 Å². The van der Waals surface area contributed by atoms with Crippen molar-refractivity contribution in [1.82, 2.24) is 0 Å². The molecule has 0 spiro atoms. The highest BCUT2D eigenvalue weighted by Gasteiger charge is 2.30. The third kappa shape index (κ3) is 7.91. The molecule has 0 saturated heterocycles. The summed E-state index contributed by atoms with van der Waals surface area (Å²) in [6.45, 7) is 11.6. The van der Waals surface area contributed by atoms with Gasteiger partial charge in [0, 0.05) is 12.2 Å². The lowest BCUT2D eigenvalue weighted by Gasteiger charge is -2.43. The van der Waals surface area contributed by atoms with Gasteiger partial charge in [-0.05, 0) is 26.7 Å². The van der Waals surface area contributed by atoms with E-state index < -0.39 is 10.1 Å². The van der Waals surface area contributed by atoms with E-state index in [1.54, 1.807) is 0 Å². The van der Waals surface area contributed by atoms with E-state index >= 15 is 0 Å². The summed E-state index contributed by atoms with van der Waals surface area (Å²) in [5.74, 6) is -0.480. The van der Waals surface area contributed by atoms with E-state index in [-0.39, 0.29) is 17.8 Å². The van der Waals surface area contributed by atoms with Crippen LogP contribution in [0.4, 0.5) is 0 Å². The highest BCUT2D eigenvalue weighted by Crippen LogP contribution is 2.19. The maximum absolute atomic E-state index is 10.7. The van der Waals surface area contributed by atoms with Gasteiger partial charge in [0.05, 0.1) is 41.9 Å². The van der Waals surface area contributed by atoms with Crippen molar-refractivity contribution in [3.8, 4) is 0 Å². The van der Waals surface area contributed by atoms with Crippen LogP contribution in [0.3, 0.4) is 0 Å². The van der Waals surface area contributed by atoms with Gasteiger partial charge < -0.3 is 13.8 Å². The molecule has 130 valence electrons. The topological polar surface area (TPSA) is 83.5 Å². The molecular formula is C15H29NO5S. The van der Waals surface area contributed by atoms with Crippen molar-refractivity contribution in [3.63, 3.8) is 0 Å². The lowest BCUT2D eigenvalue weighted by molar-refractivity contribution is -0.948. The number of rotatable bonds is 9. The molecule has 0 aromatic rings. The van der Waals surface area contributed by atoms with Crippen LogP contribution in [0.5, 0.6) is 0 Å². The molecule has 0 aromatic carbocycles. The zero-order chi connectivity index (χ0) is 17.2. The number of nitrogens with zero attached hydrogens (tertiary/aromatic N) is 1. The highest BCUT2D eigenvalue weighted by molar-refractivity contribution is 7.85. The monoisotopic (exact) mass is 335 g/mol. The Labute approximate surface area is 134 Å². The second kappa shape index (κ2) is 9.97. The van der Waals surface area contributed by atoms with E-state index in [0.717, 1.165) is 37.0 Å². The summed E-state index contributed by atoms with van der Waals surface area (Å²) in [4.78, 5) is 9.59. The molecular weight excluding hydrogens is 306 g/mol. The Morgan fingerprint density at radius 2 is 1.68 bits per heavy atom. The zero-order valence-electron chi connectivity index (χ0n) is 14.1. The highest BCUT2D eigenvalue weighted by atomic mass is 32.2. The maximum Gasteiger partial charge on any atom is 0.338 e. The predicted octanol–water partition coefficient (Wildman–Crippen LogP) is 2.02. The molecule has 1 heterocycles. The van der Waals surface area contributed by atoms with Crippen LogP contribution in [0.2, 0.25) is 0 Å². The molecule has 0 bridgehead atoms. The van der Waals surface area contributed by atoms with Crippen LogP contribution in [0.1, 0.15) is 47.0 Å². The standard InChI is InChI=1S/C12H27NO3S.C3H2O2/c1-5-9-13(7-3,10-6-2)12(4)8-11-17(14,15)16;4-3-1-2-5-3/h12H,5-11H2,1-4H3;1-2H. The molecule has 0 radical (unpaired) electrons. The average molecular weight is 335 g/mol. The SMILES string of the molecule is CCC[N+](CC)(CCC)C(C)CCS(=O)(=O)[O-].O=C1C=CO1. The normalized spacial score (nSPS) is 15.4. The second-order valence-corrected chi connectivity index (χ2v) is 7.14. The first-order valence-corrected chi connectivity index (χ1v) is 9.45. The van der Waals surface area contributed by atoms with Crippen molar-refractivity contribution < 1.29 is 27.0 Å². The number of quaternary nitrogens is 1. The molecule has 1 unspecified atom stereocenters. The lowest BCUT2D eigenvalue weighted by atomic mass is 10.1. The Hall–Kier alpha value is -0.920. The van der Waals surface area contributed by atoms with Gasteiger partial charge in [0.25, 0.3) is 0 Å². The Kier molecular flexibility index (Phi) is 9.55. The van der Waals surface area contributed by atoms with Crippen LogP contribution in [0.15, 0.2) is 12.3 Å². The Morgan fingerprint density at radius 1 is 1.23 bits per heavy atom. The molecule has 0 saturated carbocycles. The number of ether oxygens (including phenoxy) is 1. The number of hydrogen-bond donors (Lipinski definition) is 0. The Balaban J connectivity index is 0.000000734. The van der Waals surface area contributed by atoms with Gasteiger partial charge in [-0.3, -0.25) is 0 Å². The molecule has 0 aliphatic carbocycles. The van der Waals surface area contributed by atoms with Gasteiger partial charge >= 0.3 is 5.97 Å². The van der Waals surface area contributed by atoms with Crippen LogP contribution in [-0.2, 0) is 19.6 Å². The van der Waals surface area contributed by atoms with Crippen LogP contribution in [0.25, 0.3) is 0 Å². The molecule has 1 aliphatic rings. The summed E-state index contributed by atoms with van der Waals surface area (Å²) in [5.41, 5.74) is 0. The summed E-state index contributed by atoms with van der Waals surface area (Å²) < 4.78 is 37.2. The number of carbonyl (C=O) groups is 1. The van der Waals surface area contributed by atoms with Crippen LogP contribution < -0.4 is 0 Å². The summed E-state index contributed by atoms with van der Waals surface area (Å²) in [7, 11) is -4.08. The quantitative estimate of drug-likeness (QED) is 0.366. The van der Waals surface area contributed by atoms with E-state index in [0.29, 0.717) is 6.42 Å². The number of cyclic esters (lactones) is 1. The average Bonchev–Trinajstić information content (AvgIpc) is 2.42. The Morgan fingerprint density at radius 3 is 1.91 bits per heavy atom. The zero-order valence-corrected chi connectivity index (χ0v) is 14.9. The van der Waals surface area contributed by atoms with Gasteiger partial charge in [0.1, 0.15) is 6.26 Å². The van der Waals surface area contributed by atoms with Crippen molar-refractivity contribution in [2.45, 2.75) is 53.0 Å². The molecule has 0 N–H and O–H groups in total. The lowest BCUT2D eigenvalue weighted by Crippen LogP contribution is -2.55. The molecule has 1 atom stereocenters. The third-order valence-corrected chi connectivity index (χ3v) is 4.81. The molecule has 1 rings (SSSR count). The van der Waals surface area contributed by atoms with Gasteiger partial charge in [-0.15, -0.1) is 0 Å².